The average molecular weight is 223 g/mol. The molecule has 86 valence electrons. The minimum atomic E-state index is -1.37. The number of ether oxygens (including phenoxy) is 1. The Bertz CT molecular complexity index is 328. The summed E-state index contributed by atoms with van der Waals surface area (Å²) in [5.41, 5.74) is 0.887. The Morgan fingerprint density at radius 2 is 2.00 bits per heavy atom. The summed E-state index contributed by atoms with van der Waals surface area (Å²) < 4.78 is 5.20. The van der Waals surface area contributed by atoms with E-state index in [0.29, 0.717) is 12.7 Å². The third kappa shape index (κ3) is 3.80. The van der Waals surface area contributed by atoms with Gasteiger partial charge in [-0.3, -0.25) is 4.79 Å². The van der Waals surface area contributed by atoms with Crippen LogP contribution in [-0.2, 0) is 20.9 Å². The van der Waals surface area contributed by atoms with Crippen LogP contribution in [0, 0.1) is 0 Å². The van der Waals surface area contributed by atoms with Gasteiger partial charge in [0.25, 0.3) is 0 Å². The Morgan fingerprint density at radius 1 is 1.31 bits per heavy atom. The van der Waals surface area contributed by atoms with Gasteiger partial charge < -0.3 is 20.0 Å². The molecule has 0 fully saturated rings. The van der Waals surface area contributed by atoms with Gasteiger partial charge in [0.15, 0.2) is 18.6 Å². The van der Waals surface area contributed by atoms with Crippen LogP contribution in [0.5, 0.6) is 0 Å². The highest BCUT2D eigenvalue weighted by Crippen LogP contribution is 2.03. The highest BCUT2D eigenvalue weighted by molar-refractivity contribution is 5.58. The number of benzene rings is 1. The van der Waals surface area contributed by atoms with E-state index >= 15 is 0 Å². The largest absolute Gasteiger partial charge is 0.381 e. The van der Waals surface area contributed by atoms with E-state index in [-0.39, 0.29) is 6.61 Å². The van der Waals surface area contributed by atoms with Gasteiger partial charge in [0.1, 0.15) is 0 Å². The second kappa shape index (κ2) is 6.71. The molecule has 1 aromatic rings. The molecular weight excluding hydrogens is 210 g/mol. The molecule has 0 aromatic heterocycles. The quantitative estimate of drug-likeness (QED) is 0.497. The van der Waals surface area contributed by atoms with Crippen molar-refractivity contribution >= 4 is 12.7 Å². The number of nitrogens with one attached hydrogen (secondary N) is 1. The zero-order valence-electron chi connectivity index (χ0n) is 8.58. The van der Waals surface area contributed by atoms with Crippen molar-refractivity contribution in [1.82, 2.24) is 5.32 Å². The van der Waals surface area contributed by atoms with E-state index in [1.54, 1.807) is 0 Å². The number of aliphatic hydroxyl groups is 1. The third-order valence-electron chi connectivity index (χ3n) is 1.95. The number of aldehydes is 1. The van der Waals surface area contributed by atoms with E-state index in [0.717, 1.165) is 5.56 Å². The summed E-state index contributed by atoms with van der Waals surface area (Å²) in [5, 5.41) is 11.4. The maximum absolute atomic E-state index is 10.3. The first-order valence-electron chi connectivity index (χ1n) is 4.76. The number of rotatable bonds is 7. The van der Waals surface area contributed by atoms with E-state index in [1.165, 1.54) is 0 Å². The highest BCUT2D eigenvalue weighted by atomic mass is 16.5. The lowest BCUT2D eigenvalue weighted by Gasteiger charge is -2.18. The van der Waals surface area contributed by atoms with Crippen LogP contribution in [0.15, 0.2) is 30.3 Å². The van der Waals surface area contributed by atoms with E-state index in [4.69, 9.17) is 4.74 Å². The highest BCUT2D eigenvalue weighted by Gasteiger charge is 2.17. The first-order chi connectivity index (χ1) is 7.77. The van der Waals surface area contributed by atoms with Gasteiger partial charge in [0.05, 0.1) is 6.61 Å². The molecule has 2 N–H and O–H groups in total. The first kappa shape index (κ1) is 12.4. The second-order valence-corrected chi connectivity index (χ2v) is 3.13. The number of hydrogen-bond acceptors (Lipinski definition) is 4. The molecule has 16 heavy (non-hydrogen) atoms. The van der Waals surface area contributed by atoms with Crippen LogP contribution in [0.2, 0.25) is 0 Å². The van der Waals surface area contributed by atoms with Gasteiger partial charge in [0.2, 0.25) is 6.41 Å². The minimum absolute atomic E-state index is 0.206. The van der Waals surface area contributed by atoms with Gasteiger partial charge in [0, 0.05) is 0 Å². The summed E-state index contributed by atoms with van der Waals surface area (Å²) in [4.78, 5) is 20.6. The lowest BCUT2D eigenvalue weighted by Crippen LogP contribution is -2.42. The van der Waals surface area contributed by atoms with Gasteiger partial charge >= 0.3 is 0 Å². The fourth-order valence-corrected chi connectivity index (χ4v) is 1.14. The molecule has 2 atom stereocenters. The van der Waals surface area contributed by atoms with Crippen LogP contribution < -0.4 is 5.32 Å². The Morgan fingerprint density at radius 3 is 2.56 bits per heavy atom. The Hall–Kier alpha value is -1.72. The lowest BCUT2D eigenvalue weighted by atomic mass is 10.2. The summed E-state index contributed by atoms with van der Waals surface area (Å²) in [6.45, 7) is 0.206. The van der Waals surface area contributed by atoms with Crippen LogP contribution in [0.25, 0.3) is 0 Å². The monoisotopic (exact) mass is 223 g/mol. The average Bonchev–Trinajstić information content (AvgIpc) is 2.34. The summed E-state index contributed by atoms with van der Waals surface area (Å²) in [6.07, 6.45) is -1.70. The molecule has 0 aliphatic carbocycles. The van der Waals surface area contributed by atoms with E-state index in [2.05, 4.69) is 5.32 Å². The zero-order chi connectivity index (χ0) is 11.8. The van der Waals surface area contributed by atoms with Crippen molar-refractivity contribution in [3.63, 3.8) is 0 Å². The normalized spacial score (nSPS) is 13.8. The van der Waals surface area contributed by atoms with Crippen molar-refractivity contribution < 1.29 is 19.4 Å². The van der Waals surface area contributed by atoms with Gasteiger partial charge in [-0.15, -0.1) is 0 Å². The maximum Gasteiger partial charge on any atom is 0.209 e. The lowest BCUT2D eigenvalue weighted by molar-refractivity contribution is -0.130. The predicted molar refractivity (Wildman–Crippen MR) is 56.3 cm³/mol. The Kier molecular flexibility index (Phi) is 5.18. The molecule has 0 aliphatic rings. The number of hydrogen-bond donors (Lipinski definition) is 2. The topological polar surface area (TPSA) is 75.6 Å². The second-order valence-electron chi connectivity index (χ2n) is 3.13. The van der Waals surface area contributed by atoms with Crippen molar-refractivity contribution in [3.05, 3.63) is 35.9 Å². The van der Waals surface area contributed by atoms with E-state index in [1.807, 2.05) is 30.3 Å². The summed E-state index contributed by atoms with van der Waals surface area (Å²) in [6, 6.07) is 9.23. The van der Waals surface area contributed by atoms with Crippen LogP contribution in [0.1, 0.15) is 5.56 Å². The van der Waals surface area contributed by atoms with Crippen LogP contribution in [0.3, 0.4) is 0 Å². The molecule has 1 aromatic carbocycles. The van der Waals surface area contributed by atoms with E-state index < -0.39 is 12.3 Å². The molecule has 5 heteroatoms. The maximum atomic E-state index is 10.3. The number of amides is 1. The zero-order valence-corrected chi connectivity index (χ0v) is 8.58. The number of carbonyl (C=O) groups is 2. The van der Waals surface area contributed by atoms with Crippen molar-refractivity contribution in [2.24, 2.45) is 0 Å². The van der Waals surface area contributed by atoms with Gasteiger partial charge in [-0.25, -0.2) is 0 Å². The number of aliphatic hydroxyl groups excluding tert-OH is 1. The molecule has 1 rings (SSSR count). The molecular formula is C11H13NO4. The van der Waals surface area contributed by atoms with Crippen LogP contribution in [0.4, 0.5) is 0 Å². The molecule has 5 nitrogen and oxygen atoms in total. The fourth-order valence-electron chi connectivity index (χ4n) is 1.14. The summed E-state index contributed by atoms with van der Waals surface area (Å²) in [5.74, 6) is 0. The van der Waals surface area contributed by atoms with Crippen molar-refractivity contribution in [1.29, 1.82) is 0 Å². The van der Waals surface area contributed by atoms with Gasteiger partial charge in [-0.2, -0.15) is 0 Å². The van der Waals surface area contributed by atoms with Gasteiger partial charge in [-0.1, -0.05) is 30.3 Å². The molecule has 0 spiro atoms. The molecule has 0 saturated carbocycles. The molecule has 0 radical (unpaired) electrons. The third-order valence-corrected chi connectivity index (χ3v) is 1.95. The van der Waals surface area contributed by atoms with Crippen molar-refractivity contribution in [3.8, 4) is 0 Å². The molecule has 0 aliphatic heterocycles. The van der Waals surface area contributed by atoms with Crippen molar-refractivity contribution in [2.45, 2.75) is 18.9 Å². The smallest absolute Gasteiger partial charge is 0.209 e. The molecule has 0 saturated heterocycles. The van der Waals surface area contributed by atoms with Crippen LogP contribution in [-0.4, -0.2) is 30.1 Å². The molecule has 2 unspecified atom stereocenters. The number of carbonyl (C=O) groups excluding carboxylic acids is 2. The predicted octanol–water partition coefficient (Wildman–Crippen LogP) is -0.165. The van der Waals surface area contributed by atoms with E-state index in [9.17, 15) is 14.7 Å². The summed E-state index contributed by atoms with van der Waals surface area (Å²) >= 11 is 0. The molecule has 0 heterocycles. The Balaban J connectivity index is 2.49. The molecule has 1 amide bonds. The van der Waals surface area contributed by atoms with Gasteiger partial charge in [-0.05, 0) is 5.56 Å². The Labute approximate surface area is 93.0 Å². The fraction of sp³-hybridized carbons (Fsp3) is 0.273. The minimum Gasteiger partial charge on any atom is -0.381 e. The van der Waals surface area contributed by atoms with Crippen LogP contribution >= 0.6 is 0 Å². The first-order valence-corrected chi connectivity index (χ1v) is 4.76. The SMILES string of the molecule is O=CNC(OCc1ccccc1)C(O)C=O. The standard InChI is InChI=1S/C11H13NO4/c13-6-10(15)11(12-8-14)16-7-9-4-2-1-3-5-9/h1-6,8,10-11,15H,7H2,(H,12,14). The molecule has 0 bridgehead atoms. The van der Waals surface area contributed by atoms with Crippen molar-refractivity contribution in [2.75, 3.05) is 0 Å². The summed E-state index contributed by atoms with van der Waals surface area (Å²) in [7, 11) is 0.